The molecule has 1 N–H and O–H groups in total. The quantitative estimate of drug-likeness (QED) is 0.667. The van der Waals surface area contributed by atoms with Crippen molar-refractivity contribution < 1.29 is 19.6 Å². The van der Waals surface area contributed by atoms with Crippen LogP contribution in [0.5, 0.6) is 5.88 Å². The summed E-state index contributed by atoms with van der Waals surface area (Å²) in [6, 6.07) is 3.48. The summed E-state index contributed by atoms with van der Waals surface area (Å²) in [5.74, 6) is -1.11. The molecule has 0 radical (unpaired) electrons. The monoisotopic (exact) mass is 275 g/mol. The number of methoxy groups -OCH3 is 1. The number of nitrogens with zero attached hydrogens (tertiary/aromatic N) is 3. The Kier molecular flexibility index (Phi) is 3.56. The van der Waals surface area contributed by atoms with Crippen LogP contribution >= 0.6 is 0 Å². The van der Waals surface area contributed by atoms with Gasteiger partial charge in [0.2, 0.25) is 5.88 Å². The van der Waals surface area contributed by atoms with Crippen LogP contribution in [0, 0.1) is 10.1 Å². The largest absolute Gasteiger partial charge is 0.479 e. The molecule has 8 heteroatoms. The van der Waals surface area contributed by atoms with Crippen LogP contribution < -0.4 is 4.74 Å². The van der Waals surface area contributed by atoms with Gasteiger partial charge < -0.3 is 9.84 Å². The molecule has 0 amide bonds. The van der Waals surface area contributed by atoms with Crippen molar-refractivity contribution >= 4 is 11.7 Å². The van der Waals surface area contributed by atoms with E-state index in [2.05, 4.69) is 9.97 Å². The van der Waals surface area contributed by atoms with Gasteiger partial charge in [-0.05, 0) is 6.07 Å². The first kappa shape index (κ1) is 13.4. The number of carboxylic acid groups (broad SMARTS) is 1. The molecule has 1 aromatic heterocycles. The first-order valence-corrected chi connectivity index (χ1v) is 5.41. The van der Waals surface area contributed by atoms with Crippen LogP contribution in [-0.2, 0) is 0 Å². The molecule has 0 aliphatic heterocycles. The van der Waals surface area contributed by atoms with E-state index in [1.807, 2.05) is 0 Å². The molecule has 2 aromatic rings. The molecule has 1 heterocycles. The molecule has 8 nitrogen and oxygen atoms in total. The smallest absolute Gasteiger partial charge is 0.335 e. The first-order valence-electron chi connectivity index (χ1n) is 5.41. The second-order valence-electron chi connectivity index (χ2n) is 3.75. The molecule has 0 fully saturated rings. The zero-order valence-electron chi connectivity index (χ0n) is 10.3. The van der Waals surface area contributed by atoms with Gasteiger partial charge in [-0.25, -0.2) is 14.8 Å². The molecule has 20 heavy (non-hydrogen) atoms. The fraction of sp³-hybridized carbons (Fsp3) is 0.0833. The highest BCUT2D eigenvalue weighted by Gasteiger charge is 2.17. The number of hydrogen-bond donors (Lipinski definition) is 1. The minimum absolute atomic E-state index is 0.157. The van der Waals surface area contributed by atoms with Crippen LogP contribution in [-0.4, -0.2) is 33.1 Å². The topological polar surface area (TPSA) is 115 Å². The highest BCUT2D eigenvalue weighted by molar-refractivity contribution is 5.90. The van der Waals surface area contributed by atoms with E-state index in [0.29, 0.717) is 0 Å². The van der Waals surface area contributed by atoms with E-state index in [1.165, 1.54) is 31.6 Å². The summed E-state index contributed by atoms with van der Waals surface area (Å²) in [7, 11) is 1.38. The Labute approximate surface area is 112 Å². The minimum Gasteiger partial charge on any atom is -0.479 e. The van der Waals surface area contributed by atoms with Gasteiger partial charge in [0.05, 0.1) is 17.6 Å². The van der Waals surface area contributed by atoms with Gasteiger partial charge in [-0.15, -0.1) is 0 Å². The second-order valence-corrected chi connectivity index (χ2v) is 3.75. The van der Waals surface area contributed by atoms with Gasteiger partial charge in [-0.2, -0.15) is 0 Å². The van der Waals surface area contributed by atoms with E-state index in [9.17, 15) is 14.9 Å². The molecular weight excluding hydrogens is 266 g/mol. The number of nitro groups is 1. The Morgan fingerprint density at radius 3 is 2.60 bits per heavy atom. The molecule has 0 saturated carbocycles. The molecule has 0 bridgehead atoms. The van der Waals surface area contributed by atoms with E-state index < -0.39 is 10.9 Å². The molecule has 102 valence electrons. The van der Waals surface area contributed by atoms with E-state index in [4.69, 9.17) is 9.84 Å². The van der Waals surface area contributed by atoms with Gasteiger partial charge in [0.1, 0.15) is 5.69 Å². The molecule has 0 saturated heterocycles. The molecule has 1 aromatic carbocycles. The zero-order chi connectivity index (χ0) is 14.7. The molecule has 0 aliphatic carbocycles. The predicted octanol–water partition coefficient (Wildman–Crippen LogP) is 1.76. The van der Waals surface area contributed by atoms with Gasteiger partial charge in [-0.3, -0.25) is 10.1 Å². The molecular formula is C12H9N3O5. The highest BCUT2D eigenvalue weighted by Crippen LogP contribution is 2.29. The van der Waals surface area contributed by atoms with Gasteiger partial charge in [-0.1, -0.05) is 0 Å². The van der Waals surface area contributed by atoms with E-state index in [0.717, 1.165) is 6.07 Å². The molecule has 0 unspecified atom stereocenters. The maximum Gasteiger partial charge on any atom is 0.335 e. The van der Waals surface area contributed by atoms with Crippen molar-refractivity contribution in [3.63, 3.8) is 0 Å². The molecule has 2 rings (SSSR count). The molecule has 0 spiro atoms. The SMILES string of the molecule is COc1nccnc1-c1cc(C(=O)O)cc([N+](=O)[O-])c1. The van der Waals surface area contributed by atoms with E-state index in [1.54, 1.807) is 0 Å². The lowest BCUT2D eigenvalue weighted by Crippen LogP contribution is -2.01. The van der Waals surface area contributed by atoms with Crippen LogP contribution in [0.25, 0.3) is 11.3 Å². The Bertz CT molecular complexity index is 654. The first-order chi connectivity index (χ1) is 9.52. The number of hydrogen-bond acceptors (Lipinski definition) is 6. The molecule has 0 aliphatic rings. The standard InChI is InChI=1S/C12H9N3O5/c1-20-11-10(13-2-3-14-11)7-4-8(12(16)17)6-9(5-7)15(18)19/h2-6H,1H3,(H,16,17). The summed E-state index contributed by atoms with van der Waals surface area (Å²) >= 11 is 0. The summed E-state index contributed by atoms with van der Waals surface area (Å²) in [5.41, 5.74) is -0.0581. The number of aromatic carboxylic acids is 1. The van der Waals surface area contributed by atoms with Crippen LogP contribution in [0.4, 0.5) is 5.69 Å². The zero-order valence-corrected chi connectivity index (χ0v) is 10.3. The Morgan fingerprint density at radius 1 is 1.30 bits per heavy atom. The third kappa shape index (κ3) is 2.53. The van der Waals surface area contributed by atoms with Crippen LogP contribution in [0.1, 0.15) is 10.4 Å². The summed E-state index contributed by atoms with van der Waals surface area (Å²) < 4.78 is 5.01. The van der Waals surface area contributed by atoms with Gasteiger partial charge in [0.25, 0.3) is 5.69 Å². The van der Waals surface area contributed by atoms with E-state index in [-0.39, 0.29) is 28.4 Å². The van der Waals surface area contributed by atoms with Crippen molar-refractivity contribution in [2.24, 2.45) is 0 Å². The number of aromatic nitrogens is 2. The summed E-state index contributed by atoms with van der Waals surface area (Å²) in [6.45, 7) is 0. The molecule has 0 atom stereocenters. The number of ether oxygens (including phenoxy) is 1. The fourth-order valence-corrected chi connectivity index (χ4v) is 1.65. The Balaban J connectivity index is 2.67. The van der Waals surface area contributed by atoms with Gasteiger partial charge >= 0.3 is 5.97 Å². The highest BCUT2D eigenvalue weighted by atomic mass is 16.6. The fourth-order valence-electron chi connectivity index (χ4n) is 1.65. The third-order valence-corrected chi connectivity index (χ3v) is 2.51. The lowest BCUT2D eigenvalue weighted by molar-refractivity contribution is -0.384. The minimum atomic E-state index is -1.27. The normalized spacial score (nSPS) is 10.1. The maximum atomic E-state index is 11.0. The van der Waals surface area contributed by atoms with Crippen LogP contribution in [0.3, 0.4) is 0 Å². The third-order valence-electron chi connectivity index (χ3n) is 2.51. The average Bonchev–Trinajstić information content (AvgIpc) is 2.46. The summed E-state index contributed by atoms with van der Waals surface area (Å²) in [4.78, 5) is 29.2. The Morgan fingerprint density at radius 2 is 2.00 bits per heavy atom. The Hall–Kier alpha value is -3.03. The van der Waals surface area contributed by atoms with Crippen LogP contribution in [0.15, 0.2) is 30.6 Å². The van der Waals surface area contributed by atoms with Crippen molar-refractivity contribution in [1.82, 2.24) is 9.97 Å². The van der Waals surface area contributed by atoms with Crippen molar-refractivity contribution in [2.75, 3.05) is 7.11 Å². The number of non-ortho nitro benzene ring substituents is 1. The average molecular weight is 275 g/mol. The van der Waals surface area contributed by atoms with Crippen molar-refractivity contribution in [3.05, 3.63) is 46.3 Å². The summed E-state index contributed by atoms with van der Waals surface area (Å²) in [5, 5.41) is 19.9. The number of carbonyl (C=O) groups is 1. The lowest BCUT2D eigenvalue weighted by atomic mass is 10.1. The van der Waals surface area contributed by atoms with Crippen molar-refractivity contribution in [1.29, 1.82) is 0 Å². The number of carboxylic acids is 1. The van der Waals surface area contributed by atoms with Gasteiger partial charge in [0, 0.05) is 30.1 Å². The second kappa shape index (κ2) is 5.31. The number of nitro benzene ring substituents is 1. The van der Waals surface area contributed by atoms with Crippen molar-refractivity contribution in [3.8, 4) is 17.1 Å². The van der Waals surface area contributed by atoms with Crippen molar-refractivity contribution in [2.45, 2.75) is 0 Å². The van der Waals surface area contributed by atoms with Gasteiger partial charge in [0.15, 0.2) is 0 Å². The van der Waals surface area contributed by atoms with E-state index >= 15 is 0 Å². The van der Waals surface area contributed by atoms with Crippen LogP contribution in [0.2, 0.25) is 0 Å². The maximum absolute atomic E-state index is 11.0. The number of rotatable bonds is 4. The lowest BCUT2D eigenvalue weighted by Gasteiger charge is -2.06. The predicted molar refractivity (Wildman–Crippen MR) is 67.6 cm³/mol. The summed E-state index contributed by atoms with van der Waals surface area (Å²) in [6.07, 6.45) is 2.79. The number of benzene rings is 1.